The van der Waals surface area contributed by atoms with Gasteiger partial charge in [0.1, 0.15) is 11.9 Å². The molecule has 1 saturated heterocycles. The molecule has 0 saturated carbocycles. The molecule has 134 valence electrons. The minimum Gasteiger partial charge on any atom is -0.453 e. The van der Waals surface area contributed by atoms with Crippen LogP contribution in [0, 0.1) is 5.82 Å². The zero-order valence-corrected chi connectivity index (χ0v) is 14.2. The Morgan fingerprint density at radius 2 is 1.73 bits per heavy atom. The van der Waals surface area contributed by atoms with Crippen LogP contribution >= 0.6 is 0 Å². The maximum Gasteiger partial charge on any atom is 0.339 e. The smallest absolute Gasteiger partial charge is 0.339 e. The number of ether oxygens (including phenoxy) is 1. The van der Waals surface area contributed by atoms with Crippen molar-refractivity contribution < 1.29 is 18.7 Å². The van der Waals surface area contributed by atoms with Crippen molar-refractivity contribution in [2.45, 2.75) is 12.5 Å². The van der Waals surface area contributed by atoms with Gasteiger partial charge in [0.15, 0.2) is 0 Å². The number of benzene rings is 2. The number of hydrogen-bond donors (Lipinski definition) is 0. The lowest BCUT2D eigenvalue weighted by atomic mass is 10.0. The van der Waals surface area contributed by atoms with Crippen molar-refractivity contribution in [1.82, 2.24) is 4.90 Å². The molecule has 26 heavy (non-hydrogen) atoms. The molecule has 0 aliphatic carbocycles. The number of fused-ring (bicyclic) bond motifs is 1. The third-order valence-electron chi connectivity index (χ3n) is 4.96. The number of cyclic esters (lactones) is 1. The Hall–Kier alpha value is -2.89. The fraction of sp³-hybridized carbons (Fsp3) is 0.300. The fourth-order valence-corrected chi connectivity index (χ4v) is 3.53. The van der Waals surface area contributed by atoms with Crippen molar-refractivity contribution in [2.24, 2.45) is 0 Å². The SMILES string of the molecule is O=C1O[C@@H](CC(=O)N2CCN(c3ccc(F)cc3)CC2)c2ccccc21. The number of nitrogens with zero attached hydrogens (tertiary/aromatic N) is 2. The first-order chi connectivity index (χ1) is 12.6. The normalized spacial score (nSPS) is 19.3. The van der Waals surface area contributed by atoms with E-state index in [2.05, 4.69) is 4.90 Å². The zero-order chi connectivity index (χ0) is 18.1. The Labute approximate surface area is 151 Å². The van der Waals surface area contributed by atoms with Crippen LogP contribution in [0.4, 0.5) is 10.1 Å². The van der Waals surface area contributed by atoms with Gasteiger partial charge >= 0.3 is 5.97 Å². The molecule has 1 atom stereocenters. The van der Waals surface area contributed by atoms with E-state index >= 15 is 0 Å². The molecule has 2 aliphatic heterocycles. The summed E-state index contributed by atoms with van der Waals surface area (Å²) in [7, 11) is 0. The lowest BCUT2D eigenvalue weighted by molar-refractivity contribution is -0.133. The first-order valence-corrected chi connectivity index (χ1v) is 8.70. The van der Waals surface area contributed by atoms with Gasteiger partial charge in [-0.25, -0.2) is 9.18 Å². The van der Waals surface area contributed by atoms with Crippen LogP contribution in [0.25, 0.3) is 0 Å². The van der Waals surface area contributed by atoms with E-state index < -0.39 is 6.10 Å². The third-order valence-corrected chi connectivity index (χ3v) is 4.96. The molecule has 0 aromatic heterocycles. The maximum absolute atomic E-state index is 13.0. The van der Waals surface area contributed by atoms with Gasteiger partial charge in [-0.1, -0.05) is 18.2 Å². The number of rotatable bonds is 3. The largest absolute Gasteiger partial charge is 0.453 e. The van der Waals surface area contributed by atoms with E-state index in [1.807, 2.05) is 12.1 Å². The van der Waals surface area contributed by atoms with E-state index in [1.54, 1.807) is 29.2 Å². The first-order valence-electron chi connectivity index (χ1n) is 8.70. The molecular weight excluding hydrogens is 335 g/mol. The average Bonchev–Trinajstić information content (AvgIpc) is 2.98. The number of amides is 1. The van der Waals surface area contributed by atoms with E-state index in [0.717, 1.165) is 11.3 Å². The van der Waals surface area contributed by atoms with Gasteiger partial charge in [-0.3, -0.25) is 4.79 Å². The summed E-state index contributed by atoms with van der Waals surface area (Å²) >= 11 is 0. The van der Waals surface area contributed by atoms with Crippen molar-refractivity contribution in [3.05, 3.63) is 65.5 Å². The summed E-state index contributed by atoms with van der Waals surface area (Å²) in [6, 6.07) is 13.6. The molecule has 2 aliphatic rings. The van der Waals surface area contributed by atoms with Crippen LogP contribution in [-0.4, -0.2) is 43.0 Å². The molecule has 2 heterocycles. The van der Waals surface area contributed by atoms with Crippen molar-refractivity contribution in [1.29, 1.82) is 0 Å². The van der Waals surface area contributed by atoms with E-state index in [-0.39, 0.29) is 24.1 Å². The molecule has 0 N–H and O–H groups in total. The van der Waals surface area contributed by atoms with Crippen LogP contribution in [0.15, 0.2) is 48.5 Å². The van der Waals surface area contributed by atoms with Crippen molar-refractivity contribution in [2.75, 3.05) is 31.1 Å². The number of halogens is 1. The van der Waals surface area contributed by atoms with E-state index in [4.69, 9.17) is 4.74 Å². The first kappa shape index (κ1) is 16.6. The highest BCUT2D eigenvalue weighted by atomic mass is 19.1. The number of hydrogen-bond acceptors (Lipinski definition) is 4. The third kappa shape index (κ3) is 3.14. The quantitative estimate of drug-likeness (QED) is 0.796. The van der Waals surface area contributed by atoms with Gasteiger partial charge in [-0.15, -0.1) is 0 Å². The number of piperazine rings is 1. The van der Waals surface area contributed by atoms with Crippen molar-refractivity contribution in [3.8, 4) is 0 Å². The van der Waals surface area contributed by atoms with Gasteiger partial charge in [0, 0.05) is 37.4 Å². The number of anilines is 1. The average molecular weight is 354 g/mol. The number of carbonyl (C=O) groups is 2. The van der Waals surface area contributed by atoms with Crippen molar-refractivity contribution >= 4 is 17.6 Å². The molecular formula is C20H19FN2O3. The second-order valence-corrected chi connectivity index (χ2v) is 6.53. The molecule has 2 aromatic rings. The molecule has 1 amide bonds. The Morgan fingerprint density at radius 3 is 2.46 bits per heavy atom. The summed E-state index contributed by atoms with van der Waals surface area (Å²) in [5.74, 6) is -0.633. The van der Waals surface area contributed by atoms with Crippen molar-refractivity contribution in [3.63, 3.8) is 0 Å². The zero-order valence-electron chi connectivity index (χ0n) is 14.2. The second kappa shape index (κ2) is 6.78. The van der Waals surface area contributed by atoms with Crippen LogP contribution in [0.2, 0.25) is 0 Å². The Bertz CT molecular complexity index is 829. The molecule has 6 heteroatoms. The monoisotopic (exact) mass is 354 g/mol. The van der Waals surface area contributed by atoms with Crippen LogP contribution in [0.5, 0.6) is 0 Å². The molecule has 5 nitrogen and oxygen atoms in total. The summed E-state index contributed by atoms with van der Waals surface area (Å²) in [5, 5.41) is 0. The highest BCUT2D eigenvalue weighted by Crippen LogP contribution is 2.33. The van der Waals surface area contributed by atoms with Gasteiger partial charge in [0.2, 0.25) is 5.91 Å². The summed E-state index contributed by atoms with van der Waals surface area (Å²) in [6.45, 7) is 2.58. The molecule has 0 unspecified atom stereocenters. The van der Waals surface area contributed by atoms with E-state index in [0.29, 0.717) is 31.7 Å². The molecule has 1 fully saturated rings. The lowest BCUT2D eigenvalue weighted by Gasteiger charge is -2.36. The van der Waals surface area contributed by atoms with E-state index in [1.165, 1.54) is 12.1 Å². The fourth-order valence-electron chi connectivity index (χ4n) is 3.53. The summed E-state index contributed by atoms with van der Waals surface area (Å²) in [6.07, 6.45) is -0.333. The van der Waals surface area contributed by atoms with Gasteiger partial charge in [-0.2, -0.15) is 0 Å². The van der Waals surface area contributed by atoms with Crippen LogP contribution in [-0.2, 0) is 9.53 Å². The van der Waals surface area contributed by atoms with Gasteiger partial charge in [0.25, 0.3) is 0 Å². The Kier molecular flexibility index (Phi) is 4.32. The summed E-state index contributed by atoms with van der Waals surface area (Å²) in [4.78, 5) is 28.4. The predicted octanol–water partition coefficient (Wildman–Crippen LogP) is 2.78. The maximum atomic E-state index is 13.0. The minimum atomic E-state index is -0.499. The van der Waals surface area contributed by atoms with E-state index in [9.17, 15) is 14.0 Å². The van der Waals surface area contributed by atoms with Crippen LogP contribution in [0.3, 0.4) is 0 Å². The molecule has 0 radical (unpaired) electrons. The minimum absolute atomic E-state index is 0.0155. The standard InChI is InChI=1S/C20H19FN2O3/c21-14-5-7-15(8-6-14)22-9-11-23(12-10-22)19(24)13-18-16-3-1-2-4-17(16)20(25)26-18/h1-8,18H,9-13H2/t18-/m0/s1. The highest BCUT2D eigenvalue weighted by Gasteiger charge is 2.33. The molecule has 4 rings (SSSR count). The molecule has 0 bridgehead atoms. The van der Waals surface area contributed by atoms with Gasteiger partial charge in [-0.05, 0) is 30.3 Å². The van der Waals surface area contributed by atoms with Gasteiger partial charge in [0.05, 0.1) is 12.0 Å². The molecule has 2 aromatic carbocycles. The lowest BCUT2D eigenvalue weighted by Crippen LogP contribution is -2.49. The number of esters is 1. The van der Waals surface area contributed by atoms with Gasteiger partial charge < -0.3 is 14.5 Å². The number of carbonyl (C=O) groups excluding carboxylic acids is 2. The second-order valence-electron chi connectivity index (χ2n) is 6.53. The Morgan fingerprint density at radius 1 is 1.04 bits per heavy atom. The van der Waals surface area contributed by atoms with Crippen LogP contribution in [0.1, 0.15) is 28.4 Å². The molecule has 0 spiro atoms. The predicted molar refractivity (Wildman–Crippen MR) is 94.4 cm³/mol. The van der Waals surface area contributed by atoms with Crippen LogP contribution < -0.4 is 4.90 Å². The highest BCUT2D eigenvalue weighted by molar-refractivity contribution is 5.94. The summed E-state index contributed by atoms with van der Waals surface area (Å²) < 4.78 is 18.4. The Balaban J connectivity index is 1.36. The summed E-state index contributed by atoms with van der Waals surface area (Å²) in [5.41, 5.74) is 2.29. The topological polar surface area (TPSA) is 49.9 Å².